The fraction of sp³-hybridized carbons (Fsp3) is 0.851. The molecule has 0 aliphatic carbocycles. The first-order chi connectivity index (χ1) is 29.6. The smallest absolute Gasteiger partial charge is 0.220 e. The molecule has 0 aromatic rings. The van der Waals surface area contributed by atoms with Crippen LogP contribution in [0.3, 0.4) is 0 Å². The summed E-state index contributed by atoms with van der Waals surface area (Å²) in [6.07, 6.45) is 20.8. The minimum absolute atomic E-state index is 0.263. The SMILES string of the molecule is CCCCCCCCCCCC/C=C/CC/C=C/CC/C=C/C(O)C(COC1OC(CO)C(OC2OC(CO)C(O)C(O)C2O)C(O)C1O)NC(=O)CCCCCCCCC. The van der Waals surface area contributed by atoms with E-state index in [4.69, 9.17) is 18.9 Å². The number of unbranched alkanes of at least 4 members (excludes halogenated alkanes) is 18. The Morgan fingerprint density at radius 2 is 1.05 bits per heavy atom. The number of allylic oxidation sites excluding steroid dienone is 5. The lowest BCUT2D eigenvalue weighted by Gasteiger charge is -2.46. The fourth-order valence-corrected chi connectivity index (χ4v) is 7.61. The van der Waals surface area contributed by atoms with Crippen LogP contribution in [-0.4, -0.2) is 140 Å². The second-order valence-corrected chi connectivity index (χ2v) is 16.9. The summed E-state index contributed by atoms with van der Waals surface area (Å²) in [6.45, 7) is 2.68. The molecule has 2 aliphatic rings. The van der Waals surface area contributed by atoms with Gasteiger partial charge in [-0.15, -0.1) is 0 Å². The van der Waals surface area contributed by atoms with E-state index >= 15 is 0 Å². The zero-order chi connectivity index (χ0) is 44.7. The second kappa shape index (κ2) is 34.6. The Labute approximate surface area is 366 Å². The summed E-state index contributed by atoms with van der Waals surface area (Å²) in [6, 6.07) is -0.931. The zero-order valence-corrected chi connectivity index (χ0v) is 37.4. The van der Waals surface area contributed by atoms with Crippen molar-refractivity contribution in [3.05, 3.63) is 36.5 Å². The number of carbonyl (C=O) groups excluding carboxylic acids is 1. The highest BCUT2D eigenvalue weighted by atomic mass is 16.7. The van der Waals surface area contributed by atoms with E-state index in [0.717, 1.165) is 51.4 Å². The van der Waals surface area contributed by atoms with Crippen LogP contribution in [0.25, 0.3) is 0 Å². The van der Waals surface area contributed by atoms with Gasteiger partial charge in [0.1, 0.15) is 48.8 Å². The quantitative estimate of drug-likeness (QED) is 0.0297. The van der Waals surface area contributed by atoms with Gasteiger partial charge in [0.05, 0.1) is 32.0 Å². The standard InChI is InChI=1S/C47H85NO13/c1-3-5-7-9-11-12-13-14-15-16-17-18-19-20-21-22-23-25-26-28-30-36(51)35(48-39(52)31-29-27-24-10-8-6-4-2)34-58-46-44(57)42(55)45(38(33-50)60-46)61-47-43(56)41(54)40(53)37(32-49)59-47/h18-19,22-23,28,30,35-38,40-47,49-51,53-57H,3-17,20-21,24-27,29,31-34H2,1-2H3,(H,48,52)/b19-18+,23-22+,30-28+. The Hall–Kier alpha value is -1.79. The van der Waals surface area contributed by atoms with E-state index < -0.39 is 86.8 Å². The normalized spacial score (nSPS) is 28.3. The van der Waals surface area contributed by atoms with Gasteiger partial charge in [0.15, 0.2) is 12.6 Å². The summed E-state index contributed by atoms with van der Waals surface area (Å²) in [5, 5.41) is 86.3. The summed E-state index contributed by atoms with van der Waals surface area (Å²) < 4.78 is 22.6. The van der Waals surface area contributed by atoms with Crippen molar-refractivity contribution in [2.24, 2.45) is 0 Å². The van der Waals surface area contributed by atoms with Crippen molar-refractivity contribution < 1.29 is 64.6 Å². The molecular formula is C47H85NO13. The Balaban J connectivity index is 1.85. The van der Waals surface area contributed by atoms with Gasteiger partial charge in [-0.2, -0.15) is 0 Å². The summed E-state index contributed by atoms with van der Waals surface area (Å²) >= 11 is 0. The van der Waals surface area contributed by atoms with Crippen LogP contribution < -0.4 is 5.32 Å². The number of nitrogens with one attached hydrogen (secondary N) is 1. The van der Waals surface area contributed by atoms with E-state index in [2.05, 4.69) is 43.5 Å². The average Bonchev–Trinajstić information content (AvgIpc) is 3.26. The van der Waals surface area contributed by atoms with Crippen LogP contribution in [0.2, 0.25) is 0 Å². The van der Waals surface area contributed by atoms with E-state index in [9.17, 15) is 45.6 Å². The molecule has 0 spiro atoms. The monoisotopic (exact) mass is 872 g/mol. The molecule has 2 fully saturated rings. The Morgan fingerprint density at radius 1 is 0.574 bits per heavy atom. The molecule has 356 valence electrons. The number of ether oxygens (including phenoxy) is 4. The van der Waals surface area contributed by atoms with Crippen LogP contribution in [0.15, 0.2) is 36.5 Å². The lowest BCUT2D eigenvalue weighted by molar-refractivity contribution is -0.359. The van der Waals surface area contributed by atoms with Gasteiger partial charge in [0.25, 0.3) is 0 Å². The van der Waals surface area contributed by atoms with Crippen LogP contribution in [-0.2, 0) is 23.7 Å². The highest BCUT2D eigenvalue weighted by molar-refractivity contribution is 5.76. The first-order valence-corrected chi connectivity index (χ1v) is 23.7. The molecule has 2 heterocycles. The summed E-state index contributed by atoms with van der Waals surface area (Å²) in [4.78, 5) is 13.0. The molecule has 9 N–H and O–H groups in total. The number of aliphatic hydroxyl groups excluding tert-OH is 8. The number of hydrogen-bond donors (Lipinski definition) is 9. The third kappa shape index (κ3) is 22.6. The molecular weight excluding hydrogens is 787 g/mol. The summed E-state index contributed by atoms with van der Waals surface area (Å²) in [5.41, 5.74) is 0. The molecule has 2 saturated heterocycles. The van der Waals surface area contributed by atoms with Crippen molar-refractivity contribution in [3.8, 4) is 0 Å². The molecule has 61 heavy (non-hydrogen) atoms. The van der Waals surface area contributed by atoms with Crippen molar-refractivity contribution in [1.29, 1.82) is 0 Å². The van der Waals surface area contributed by atoms with Gasteiger partial charge in [0, 0.05) is 6.42 Å². The van der Waals surface area contributed by atoms with Crippen LogP contribution in [0, 0.1) is 0 Å². The molecule has 14 nitrogen and oxygen atoms in total. The summed E-state index contributed by atoms with van der Waals surface area (Å²) in [5.74, 6) is -0.263. The molecule has 1 amide bonds. The van der Waals surface area contributed by atoms with Crippen LogP contribution in [0.4, 0.5) is 0 Å². The molecule has 0 bridgehead atoms. The maximum Gasteiger partial charge on any atom is 0.220 e. The summed E-state index contributed by atoms with van der Waals surface area (Å²) in [7, 11) is 0. The minimum Gasteiger partial charge on any atom is -0.394 e. The van der Waals surface area contributed by atoms with E-state index in [1.165, 1.54) is 77.0 Å². The Bertz CT molecular complexity index is 1170. The highest BCUT2D eigenvalue weighted by Gasteiger charge is 2.50. The average molecular weight is 872 g/mol. The van der Waals surface area contributed by atoms with Gasteiger partial charge in [0.2, 0.25) is 5.91 Å². The van der Waals surface area contributed by atoms with Gasteiger partial charge in [-0.3, -0.25) is 4.79 Å². The third-order valence-corrected chi connectivity index (χ3v) is 11.6. The molecule has 0 saturated carbocycles. The van der Waals surface area contributed by atoms with Crippen molar-refractivity contribution >= 4 is 5.91 Å². The van der Waals surface area contributed by atoms with E-state index in [0.29, 0.717) is 12.8 Å². The lowest BCUT2D eigenvalue weighted by atomic mass is 9.97. The van der Waals surface area contributed by atoms with Gasteiger partial charge < -0.3 is 65.1 Å². The van der Waals surface area contributed by atoms with E-state index in [1.54, 1.807) is 6.08 Å². The van der Waals surface area contributed by atoms with Gasteiger partial charge >= 0.3 is 0 Å². The predicted molar refractivity (Wildman–Crippen MR) is 235 cm³/mol. The topological polar surface area (TPSA) is 228 Å². The molecule has 14 heteroatoms. The molecule has 12 unspecified atom stereocenters. The molecule has 0 radical (unpaired) electrons. The first-order valence-electron chi connectivity index (χ1n) is 23.7. The fourth-order valence-electron chi connectivity index (χ4n) is 7.61. The number of hydrogen-bond acceptors (Lipinski definition) is 13. The predicted octanol–water partition coefficient (Wildman–Crippen LogP) is 5.15. The van der Waals surface area contributed by atoms with Crippen molar-refractivity contribution in [2.45, 2.75) is 235 Å². The largest absolute Gasteiger partial charge is 0.394 e. The van der Waals surface area contributed by atoms with Crippen molar-refractivity contribution in [1.82, 2.24) is 5.32 Å². The third-order valence-electron chi connectivity index (χ3n) is 11.6. The van der Waals surface area contributed by atoms with E-state index in [-0.39, 0.29) is 18.9 Å². The molecule has 2 aliphatic heterocycles. The zero-order valence-electron chi connectivity index (χ0n) is 37.4. The maximum atomic E-state index is 13.0. The van der Waals surface area contributed by atoms with Crippen LogP contribution in [0.1, 0.15) is 162 Å². The highest BCUT2D eigenvalue weighted by Crippen LogP contribution is 2.30. The number of amides is 1. The van der Waals surface area contributed by atoms with Gasteiger partial charge in [-0.1, -0.05) is 147 Å². The molecule has 0 aromatic heterocycles. The Kier molecular flexibility index (Phi) is 31.4. The van der Waals surface area contributed by atoms with Gasteiger partial charge in [-0.05, 0) is 44.9 Å². The van der Waals surface area contributed by atoms with Crippen molar-refractivity contribution in [3.63, 3.8) is 0 Å². The second-order valence-electron chi connectivity index (χ2n) is 16.9. The number of rotatable bonds is 35. The lowest BCUT2D eigenvalue weighted by Crippen LogP contribution is -2.65. The Morgan fingerprint density at radius 3 is 1.61 bits per heavy atom. The van der Waals surface area contributed by atoms with E-state index in [1.807, 2.05) is 6.08 Å². The van der Waals surface area contributed by atoms with Crippen LogP contribution >= 0.6 is 0 Å². The molecule has 2 rings (SSSR count). The van der Waals surface area contributed by atoms with Gasteiger partial charge in [-0.25, -0.2) is 0 Å². The number of aliphatic hydroxyl groups is 8. The number of carbonyl (C=O) groups is 1. The molecule has 12 atom stereocenters. The van der Waals surface area contributed by atoms with Crippen LogP contribution in [0.5, 0.6) is 0 Å². The molecule has 0 aromatic carbocycles. The van der Waals surface area contributed by atoms with Crippen molar-refractivity contribution in [2.75, 3.05) is 19.8 Å². The first kappa shape index (κ1) is 55.3. The minimum atomic E-state index is -1.79. The maximum absolute atomic E-state index is 13.0.